The Bertz CT molecular complexity index is 1150. The molecule has 9 nitrogen and oxygen atoms in total. The molecule has 0 radical (unpaired) electrons. The van der Waals surface area contributed by atoms with E-state index < -0.39 is 4.92 Å². The number of rotatable bonds is 7. The first kappa shape index (κ1) is 22.3. The summed E-state index contributed by atoms with van der Waals surface area (Å²) in [5.74, 6) is 0.967. The number of hydrogen-bond acceptors (Lipinski definition) is 6. The van der Waals surface area contributed by atoms with Gasteiger partial charge in [0.05, 0.1) is 30.5 Å². The SMILES string of the molecule is COc1ccc(-c2cc(C(=O)NC3CCCCC3)n(-c3ccc([N+](=O)[O-])cc3)n2)c(OC)c1. The minimum atomic E-state index is -0.461. The monoisotopic (exact) mass is 450 g/mol. The molecule has 3 aromatic rings. The van der Waals surface area contributed by atoms with Gasteiger partial charge in [0.25, 0.3) is 11.6 Å². The molecule has 33 heavy (non-hydrogen) atoms. The topological polar surface area (TPSA) is 109 Å². The van der Waals surface area contributed by atoms with Crippen LogP contribution in [-0.4, -0.2) is 40.9 Å². The molecule has 1 fully saturated rings. The van der Waals surface area contributed by atoms with Crippen LogP contribution in [0, 0.1) is 10.1 Å². The predicted molar refractivity (Wildman–Crippen MR) is 123 cm³/mol. The second-order valence-electron chi connectivity index (χ2n) is 7.97. The van der Waals surface area contributed by atoms with Gasteiger partial charge < -0.3 is 14.8 Å². The Morgan fingerprint density at radius 3 is 2.42 bits per heavy atom. The summed E-state index contributed by atoms with van der Waals surface area (Å²) in [6.45, 7) is 0. The minimum absolute atomic E-state index is 0.0313. The zero-order valence-electron chi connectivity index (χ0n) is 18.6. The number of carbonyl (C=O) groups is 1. The normalized spacial score (nSPS) is 14.0. The van der Waals surface area contributed by atoms with E-state index >= 15 is 0 Å². The maximum atomic E-state index is 13.3. The molecular weight excluding hydrogens is 424 g/mol. The van der Waals surface area contributed by atoms with E-state index in [4.69, 9.17) is 9.47 Å². The highest BCUT2D eigenvalue weighted by Gasteiger charge is 2.23. The first-order chi connectivity index (χ1) is 16.0. The van der Waals surface area contributed by atoms with Crippen LogP contribution in [0.15, 0.2) is 48.5 Å². The first-order valence-corrected chi connectivity index (χ1v) is 10.9. The molecule has 9 heteroatoms. The van der Waals surface area contributed by atoms with Crippen molar-refractivity contribution in [1.82, 2.24) is 15.1 Å². The molecule has 1 saturated carbocycles. The van der Waals surface area contributed by atoms with Gasteiger partial charge in [-0.25, -0.2) is 4.68 Å². The molecule has 0 unspecified atom stereocenters. The number of nitro benzene ring substituents is 1. The van der Waals surface area contributed by atoms with Crippen LogP contribution in [0.3, 0.4) is 0 Å². The number of nitro groups is 1. The molecule has 0 bridgehead atoms. The van der Waals surface area contributed by atoms with Gasteiger partial charge in [0.15, 0.2) is 0 Å². The van der Waals surface area contributed by atoms with Crippen LogP contribution in [0.5, 0.6) is 11.5 Å². The van der Waals surface area contributed by atoms with Gasteiger partial charge in [0.2, 0.25) is 0 Å². The third kappa shape index (κ3) is 4.82. The fraction of sp³-hybridized carbons (Fsp3) is 0.333. The molecule has 1 aromatic heterocycles. The lowest BCUT2D eigenvalue weighted by molar-refractivity contribution is -0.384. The maximum Gasteiger partial charge on any atom is 0.270 e. The summed E-state index contributed by atoms with van der Waals surface area (Å²) in [6.07, 6.45) is 5.30. The van der Waals surface area contributed by atoms with Crippen LogP contribution in [-0.2, 0) is 0 Å². The Hall–Kier alpha value is -3.88. The molecule has 1 aliphatic rings. The number of nitrogens with zero attached hydrogens (tertiary/aromatic N) is 3. The number of carbonyl (C=O) groups excluding carboxylic acids is 1. The quantitative estimate of drug-likeness (QED) is 0.419. The molecule has 1 heterocycles. The van der Waals surface area contributed by atoms with Crippen LogP contribution < -0.4 is 14.8 Å². The highest BCUT2D eigenvalue weighted by molar-refractivity contribution is 5.94. The Morgan fingerprint density at radius 2 is 1.79 bits per heavy atom. The molecule has 4 rings (SSSR count). The third-order valence-electron chi connectivity index (χ3n) is 5.87. The largest absolute Gasteiger partial charge is 0.497 e. The highest BCUT2D eigenvalue weighted by atomic mass is 16.6. The van der Waals surface area contributed by atoms with Crippen molar-refractivity contribution < 1.29 is 19.2 Å². The summed E-state index contributed by atoms with van der Waals surface area (Å²) in [6, 6.07) is 13.2. The van der Waals surface area contributed by atoms with Crippen LogP contribution in [0.4, 0.5) is 5.69 Å². The van der Waals surface area contributed by atoms with Gasteiger partial charge in [-0.05, 0) is 43.2 Å². The van der Waals surface area contributed by atoms with Gasteiger partial charge in [0.1, 0.15) is 17.2 Å². The van der Waals surface area contributed by atoms with E-state index in [1.54, 1.807) is 44.6 Å². The molecule has 1 N–H and O–H groups in total. The fourth-order valence-corrected chi connectivity index (χ4v) is 4.10. The number of aromatic nitrogens is 2. The second-order valence-corrected chi connectivity index (χ2v) is 7.97. The van der Waals surface area contributed by atoms with Crippen molar-refractivity contribution in [3.8, 4) is 28.4 Å². The fourth-order valence-electron chi connectivity index (χ4n) is 4.10. The number of amides is 1. The summed E-state index contributed by atoms with van der Waals surface area (Å²) >= 11 is 0. The maximum absolute atomic E-state index is 13.3. The lowest BCUT2D eigenvalue weighted by Gasteiger charge is -2.22. The number of hydrogen-bond donors (Lipinski definition) is 1. The molecule has 172 valence electrons. The number of benzene rings is 2. The summed E-state index contributed by atoms with van der Waals surface area (Å²) in [4.78, 5) is 23.8. The van der Waals surface area contributed by atoms with E-state index in [2.05, 4.69) is 10.4 Å². The van der Waals surface area contributed by atoms with E-state index in [1.165, 1.54) is 23.2 Å². The Kier molecular flexibility index (Phi) is 6.58. The van der Waals surface area contributed by atoms with Crippen LogP contribution in [0.1, 0.15) is 42.6 Å². The molecular formula is C24H26N4O5. The summed E-state index contributed by atoms with van der Waals surface area (Å²) < 4.78 is 12.3. The van der Waals surface area contributed by atoms with E-state index in [0.717, 1.165) is 25.7 Å². The summed E-state index contributed by atoms with van der Waals surface area (Å²) in [5, 5.41) is 18.8. The zero-order valence-corrected chi connectivity index (χ0v) is 18.6. The zero-order chi connectivity index (χ0) is 23.4. The molecule has 0 spiro atoms. The molecule has 1 amide bonds. The van der Waals surface area contributed by atoms with Gasteiger partial charge in [-0.2, -0.15) is 5.10 Å². The minimum Gasteiger partial charge on any atom is -0.497 e. The van der Waals surface area contributed by atoms with Gasteiger partial charge in [0, 0.05) is 29.8 Å². The Balaban J connectivity index is 1.76. The molecule has 1 aliphatic carbocycles. The van der Waals surface area contributed by atoms with Gasteiger partial charge in [-0.3, -0.25) is 14.9 Å². The average molecular weight is 450 g/mol. The van der Waals surface area contributed by atoms with E-state index in [-0.39, 0.29) is 17.6 Å². The number of methoxy groups -OCH3 is 2. The third-order valence-corrected chi connectivity index (χ3v) is 5.87. The van der Waals surface area contributed by atoms with Gasteiger partial charge >= 0.3 is 0 Å². The van der Waals surface area contributed by atoms with Gasteiger partial charge in [-0.1, -0.05) is 19.3 Å². The van der Waals surface area contributed by atoms with Crippen molar-refractivity contribution in [1.29, 1.82) is 0 Å². The number of nitrogens with one attached hydrogen (secondary N) is 1. The lowest BCUT2D eigenvalue weighted by atomic mass is 9.95. The average Bonchev–Trinajstić information content (AvgIpc) is 3.29. The van der Waals surface area contributed by atoms with E-state index in [1.807, 2.05) is 6.07 Å². The van der Waals surface area contributed by atoms with E-state index in [0.29, 0.717) is 34.1 Å². The molecule has 0 atom stereocenters. The molecule has 2 aromatic carbocycles. The first-order valence-electron chi connectivity index (χ1n) is 10.9. The number of non-ortho nitro benzene ring substituents is 1. The summed E-state index contributed by atoms with van der Waals surface area (Å²) in [7, 11) is 3.13. The van der Waals surface area contributed by atoms with Crippen molar-refractivity contribution in [2.24, 2.45) is 0 Å². The van der Waals surface area contributed by atoms with Crippen molar-refractivity contribution in [3.63, 3.8) is 0 Å². The molecule has 0 aliphatic heterocycles. The Labute approximate surface area is 191 Å². The Morgan fingerprint density at radius 1 is 1.06 bits per heavy atom. The summed E-state index contributed by atoms with van der Waals surface area (Å²) in [5.41, 5.74) is 2.11. The predicted octanol–water partition coefficient (Wildman–Crippen LogP) is 4.53. The van der Waals surface area contributed by atoms with Crippen molar-refractivity contribution in [3.05, 3.63) is 64.3 Å². The lowest BCUT2D eigenvalue weighted by Crippen LogP contribution is -2.37. The van der Waals surface area contributed by atoms with Crippen molar-refractivity contribution >= 4 is 11.6 Å². The second kappa shape index (κ2) is 9.72. The van der Waals surface area contributed by atoms with E-state index in [9.17, 15) is 14.9 Å². The van der Waals surface area contributed by atoms with Crippen LogP contribution >= 0.6 is 0 Å². The standard InChI is InChI=1S/C24H26N4O5/c1-32-19-12-13-20(23(14-19)33-2)21-15-22(24(29)25-16-6-4-3-5-7-16)27(26-21)17-8-10-18(11-9-17)28(30)31/h8-16H,3-7H2,1-2H3,(H,25,29). The smallest absolute Gasteiger partial charge is 0.270 e. The van der Waals surface area contributed by atoms with Crippen LogP contribution in [0.2, 0.25) is 0 Å². The number of ether oxygens (including phenoxy) is 2. The highest BCUT2D eigenvalue weighted by Crippen LogP contribution is 2.33. The van der Waals surface area contributed by atoms with Crippen molar-refractivity contribution in [2.75, 3.05) is 14.2 Å². The van der Waals surface area contributed by atoms with Crippen molar-refractivity contribution in [2.45, 2.75) is 38.1 Å². The van der Waals surface area contributed by atoms with Gasteiger partial charge in [-0.15, -0.1) is 0 Å². The molecule has 0 saturated heterocycles. The van der Waals surface area contributed by atoms with Crippen LogP contribution in [0.25, 0.3) is 16.9 Å².